The molecule has 0 bridgehead atoms. The number of nitrogens with one attached hydrogen (secondary N) is 1. The number of hydrogen-bond acceptors (Lipinski definition) is 2. The maximum absolute atomic E-state index is 9.66. The van der Waals surface area contributed by atoms with Crippen LogP contribution < -0.4 is 5.32 Å². The molecule has 0 aromatic carbocycles. The minimum atomic E-state index is 0.662. The molecule has 1 amide bonds. The van der Waals surface area contributed by atoms with Crippen LogP contribution >= 0.6 is 0 Å². The van der Waals surface area contributed by atoms with Gasteiger partial charge in [0, 0.05) is 19.8 Å². The predicted molar refractivity (Wildman–Crippen MR) is 44.0 cm³/mol. The van der Waals surface area contributed by atoms with Gasteiger partial charge in [-0.05, 0) is 12.8 Å². The lowest BCUT2D eigenvalue weighted by atomic mass is 10.4. The van der Waals surface area contributed by atoms with E-state index < -0.39 is 0 Å². The third-order valence-corrected chi connectivity index (χ3v) is 1.30. The minimum absolute atomic E-state index is 0.662. The lowest BCUT2D eigenvalue weighted by molar-refractivity contribution is 0.129. The lowest BCUT2D eigenvalue weighted by Gasteiger charge is -2.01. The quantitative estimate of drug-likeness (QED) is 0.420. The number of ether oxygens (including phenoxy) is 1. The molecule has 1 N–H and O–H groups in total. The van der Waals surface area contributed by atoms with Crippen LogP contribution in [0.2, 0.25) is 0 Å². The molecule has 11 heavy (non-hydrogen) atoms. The molecular formula is C8H16NO2. The third-order valence-electron chi connectivity index (χ3n) is 1.30. The Hall–Kier alpha value is -0.570. The van der Waals surface area contributed by atoms with E-state index in [4.69, 9.17) is 4.74 Å². The van der Waals surface area contributed by atoms with E-state index in [9.17, 15) is 4.79 Å². The second-order valence-corrected chi connectivity index (χ2v) is 2.35. The fraction of sp³-hybridized carbons (Fsp3) is 0.875. The Bertz CT molecular complexity index is 86.2. The van der Waals surface area contributed by atoms with Gasteiger partial charge in [0.2, 0.25) is 0 Å². The van der Waals surface area contributed by atoms with Gasteiger partial charge in [-0.1, -0.05) is 13.3 Å². The van der Waals surface area contributed by atoms with Crippen molar-refractivity contribution in [3.8, 4) is 0 Å². The molecule has 0 spiro atoms. The van der Waals surface area contributed by atoms with Crippen LogP contribution in [0.5, 0.6) is 0 Å². The van der Waals surface area contributed by atoms with Crippen molar-refractivity contribution in [1.82, 2.24) is 5.32 Å². The fourth-order valence-corrected chi connectivity index (χ4v) is 0.662. The van der Waals surface area contributed by atoms with Crippen LogP contribution in [0.4, 0.5) is 0 Å². The molecule has 0 rings (SSSR count). The van der Waals surface area contributed by atoms with E-state index in [1.165, 1.54) is 6.42 Å². The smallest absolute Gasteiger partial charge is 0.309 e. The van der Waals surface area contributed by atoms with Crippen molar-refractivity contribution in [1.29, 1.82) is 0 Å². The zero-order valence-electron chi connectivity index (χ0n) is 7.06. The molecule has 0 aliphatic rings. The van der Waals surface area contributed by atoms with Gasteiger partial charge in [-0.15, -0.1) is 0 Å². The molecule has 0 aliphatic heterocycles. The highest BCUT2D eigenvalue weighted by atomic mass is 16.5. The predicted octanol–water partition coefficient (Wildman–Crippen LogP) is 0.850. The Morgan fingerprint density at radius 2 is 2.09 bits per heavy atom. The highest BCUT2D eigenvalue weighted by Gasteiger charge is 1.87. The van der Waals surface area contributed by atoms with Crippen molar-refractivity contribution in [2.75, 3.05) is 19.8 Å². The highest BCUT2D eigenvalue weighted by Crippen LogP contribution is 1.88. The van der Waals surface area contributed by atoms with Gasteiger partial charge in [-0.25, -0.2) is 0 Å². The van der Waals surface area contributed by atoms with Crippen molar-refractivity contribution in [2.45, 2.75) is 26.2 Å². The van der Waals surface area contributed by atoms with Crippen molar-refractivity contribution >= 4 is 6.41 Å². The number of amides is 1. The van der Waals surface area contributed by atoms with Crippen molar-refractivity contribution < 1.29 is 9.53 Å². The summed E-state index contributed by atoms with van der Waals surface area (Å²) in [6, 6.07) is 0. The van der Waals surface area contributed by atoms with E-state index in [2.05, 4.69) is 12.2 Å². The second kappa shape index (κ2) is 9.43. The molecule has 0 aromatic heterocycles. The Balaban J connectivity index is 2.74. The summed E-state index contributed by atoms with van der Waals surface area (Å²) in [5, 5.41) is 2.45. The molecule has 0 aromatic rings. The third kappa shape index (κ3) is 9.43. The summed E-state index contributed by atoms with van der Waals surface area (Å²) in [5.41, 5.74) is 0. The Morgan fingerprint density at radius 1 is 1.36 bits per heavy atom. The molecule has 3 heteroatoms. The number of hydrogen-bond donors (Lipinski definition) is 1. The molecule has 0 saturated carbocycles. The van der Waals surface area contributed by atoms with E-state index in [1.54, 1.807) is 6.41 Å². The van der Waals surface area contributed by atoms with Crippen LogP contribution in [0.25, 0.3) is 0 Å². The van der Waals surface area contributed by atoms with Crippen LogP contribution in [0.1, 0.15) is 26.2 Å². The minimum Gasteiger partial charge on any atom is -0.381 e. The largest absolute Gasteiger partial charge is 0.381 e. The maximum atomic E-state index is 9.66. The molecule has 0 unspecified atom stereocenters. The molecule has 0 fully saturated rings. The monoisotopic (exact) mass is 158 g/mol. The molecule has 65 valence electrons. The Labute approximate surface area is 68.1 Å². The number of rotatable bonds is 8. The summed E-state index contributed by atoms with van der Waals surface area (Å²) < 4.78 is 5.25. The second-order valence-electron chi connectivity index (χ2n) is 2.35. The van der Waals surface area contributed by atoms with Crippen LogP contribution in [0.3, 0.4) is 0 Å². The molecule has 1 radical (unpaired) electrons. The average molecular weight is 158 g/mol. The average Bonchev–Trinajstić information content (AvgIpc) is 2.03. The van der Waals surface area contributed by atoms with Gasteiger partial charge in [0.25, 0.3) is 0 Å². The van der Waals surface area contributed by atoms with E-state index >= 15 is 0 Å². The standard InChI is InChI=1S/C8H16NO2/c1-2-3-6-11-7-4-5-9-8-10/h2-7H2,1H3,(H,9,10). The van der Waals surface area contributed by atoms with Gasteiger partial charge in [0.15, 0.2) is 0 Å². The lowest BCUT2D eigenvalue weighted by Crippen LogP contribution is -2.14. The summed E-state index contributed by atoms with van der Waals surface area (Å²) in [5.74, 6) is 0. The number of carbonyl (C=O) groups excluding carboxylic acids is 1. The zero-order chi connectivity index (χ0) is 8.36. The van der Waals surface area contributed by atoms with E-state index in [1.807, 2.05) is 0 Å². The van der Waals surface area contributed by atoms with E-state index in [-0.39, 0.29) is 0 Å². The number of unbranched alkanes of at least 4 members (excludes halogenated alkanes) is 1. The van der Waals surface area contributed by atoms with Gasteiger partial charge in [-0.2, -0.15) is 0 Å². The zero-order valence-corrected chi connectivity index (χ0v) is 7.06. The van der Waals surface area contributed by atoms with Crippen molar-refractivity contribution in [3.63, 3.8) is 0 Å². The maximum Gasteiger partial charge on any atom is 0.309 e. The van der Waals surface area contributed by atoms with Gasteiger partial charge in [0.1, 0.15) is 0 Å². The van der Waals surface area contributed by atoms with Gasteiger partial charge < -0.3 is 10.1 Å². The van der Waals surface area contributed by atoms with Crippen molar-refractivity contribution in [2.24, 2.45) is 0 Å². The topological polar surface area (TPSA) is 38.3 Å². The Morgan fingerprint density at radius 3 is 2.73 bits per heavy atom. The summed E-state index contributed by atoms with van der Waals surface area (Å²) in [7, 11) is 0. The summed E-state index contributed by atoms with van der Waals surface area (Å²) in [4.78, 5) is 9.66. The molecule has 0 heterocycles. The van der Waals surface area contributed by atoms with Crippen LogP contribution in [-0.2, 0) is 9.53 Å². The van der Waals surface area contributed by atoms with Gasteiger partial charge >= 0.3 is 6.41 Å². The first kappa shape index (κ1) is 10.4. The molecule has 0 atom stereocenters. The summed E-state index contributed by atoms with van der Waals surface area (Å²) in [6.07, 6.45) is 4.77. The normalized spacial score (nSPS) is 9.55. The first-order valence-corrected chi connectivity index (χ1v) is 4.09. The van der Waals surface area contributed by atoms with Crippen LogP contribution in [0.15, 0.2) is 0 Å². The molecular weight excluding hydrogens is 142 g/mol. The molecule has 0 aliphatic carbocycles. The molecule has 0 saturated heterocycles. The summed E-state index contributed by atoms with van der Waals surface area (Å²) >= 11 is 0. The first-order chi connectivity index (χ1) is 5.41. The van der Waals surface area contributed by atoms with Gasteiger partial charge in [0.05, 0.1) is 0 Å². The van der Waals surface area contributed by atoms with Crippen LogP contribution in [0, 0.1) is 0 Å². The van der Waals surface area contributed by atoms with Crippen LogP contribution in [-0.4, -0.2) is 26.2 Å². The molecule has 3 nitrogen and oxygen atoms in total. The van der Waals surface area contributed by atoms with E-state index in [0.29, 0.717) is 6.54 Å². The van der Waals surface area contributed by atoms with E-state index in [0.717, 1.165) is 26.1 Å². The van der Waals surface area contributed by atoms with Gasteiger partial charge in [-0.3, -0.25) is 4.79 Å². The Kier molecular flexibility index (Phi) is 8.94. The van der Waals surface area contributed by atoms with Crippen molar-refractivity contribution in [3.05, 3.63) is 0 Å². The fourth-order valence-electron chi connectivity index (χ4n) is 0.662. The SMILES string of the molecule is CCCCOCCCN[C]=O. The highest BCUT2D eigenvalue weighted by molar-refractivity contribution is 5.46. The first-order valence-electron chi connectivity index (χ1n) is 4.09. The summed E-state index contributed by atoms with van der Waals surface area (Å²) in [6.45, 7) is 4.36.